The third-order valence-electron chi connectivity index (χ3n) is 2.70. The van der Waals surface area contributed by atoms with E-state index in [2.05, 4.69) is 16.9 Å². The number of nitrogens with two attached hydrogens (primary N) is 1. The van der Waals surface area contributed by atoms with Crippen molar-refractivity contribution in [2.24, 2.45) is 10.7 Å². The number of fused-ring (bicyclic) bond motifs is 1. The highest BCUT2D eigenvalue weighted by Gasteiger charge is 2.20. The Morgan fingerprint density at radius 2 is 2.26 bits per heavy atom. The summed E-state index contributed by atoms with van der Waals surface area (Å²) in [5.41, 5.74) is 6.91. The number of nitrogens with one attached hydrogen (secondary N) is 1. The van der Waals surface area contributed by atoms with E-state index in [1.807, 2.05) is 24.3 Å². The number of guanidine groups is 1. The summed E-state index contributed by atoms with van der Waals surface area (Å²) in [7, 11) is 0. The Labute approximate surface area is 135 Å². The highest BCUT2D eigenvalue weighted by molar-refractivity contribution is 14.0. The normalized spacial score (nSPS) is 17.7. The van der Waals surface area contributed by atoms with Gasteiger partial charge in [0.05, 0.1) is 19.2 Å². The Morgan fingerprint density at radius 1 is 1.53 bits per heavy atom. The molecular weight excluding hydrogens is 377 g/mol. The van der Waals surface area contributed by atoms with Gasteiger partial charge >= 0.3 is 0 Å². The van der Waals surface area contributed by atoms with Crippen LogP contribution in [-0.2, 0) is 0 Å². The zero-order chi connectivity index (χ0) is 13.0. The van der Waals surface area contributed by atoms with E-state index in [0.717, 1.165) is 17.7 Å². The summed E-state index contributed by atoms with van der Waals surface area (Å²) in [6, 6.07) is 8.05. The molecule has 1 aliphatic heterocycles. The van der Waals surface area contributed by atoms with Crippen LogP contribution in [0.5, 0.6) is 5.75 Å². The van der Waals surface area contributed by atoms with Crippen molar-refractivity contribution in [3.8, 4) is 5.75 Å². The summed E-state index contributed by atoms with van der Waals surface area (Å²) in [5.74, 6) is 1.27. The van der Waals surface area contributed by atoms with Gasteiger partial charge in [-0.3, -0.25) is 0 Å². The van der Waals surface area contributed by atoms with Crippen molar-refractivity contribution in [2.45, 2.75) is 12.5 Å². The van der Waals surface area contributed by atoms with Crippen LogP contribution >= 0.6 is 35.6 Å². The van der Waals surface area contributed by atoms with Crippen molar-refractivity contribution in [2.75, 3.05) is 13.2 Å². The minimum atomic E-state index is 0. The Bertz CT molecular complexity index is 479. The summed E-state index contributed by atoms with van der Waals surface area (Å²) in [5, 5.41) is 3.64. The fourth-order valence-electron chi connectivity index (χ4n) is 1.89. The Hall–Kier alpha value is -0.950. The van der Waals surface area contributed by atoms with Crippen LogP contribution in [-0.4, -0.2) is 19.1 Å². The van der Waals surface area contributed by atoms with Gasteiger partial charge in [0.2, 0.25) is 0 Å². The van der Waals surface area contributed by atoms with Crippen LogP contribution in [0, 0.1) is 0 Å². The summed E-state index contributed by atoms with van der Waals surface area (Å²) >= 11 is 5.64. The number of halogens is 2. The molecule has 19 heavy (non-hydrogen) atoms. The Balaban J connectivity index is 0.00000180. The standard InChI is InChI=1S/C13H16ClN3O.HI/c1-9(14)8-16-13(15)17-11-6-7-18-12-5-3-2-4-10(11)12;/h2-5,11H,1,6-8H2,(H3,15,16,17);1H. The van der Waals surface area contributed by atoms with Crippen LogP contribution in [0.1, 0.15) is 18.0 Å². The molecule has 0 aliphatic carbocycles. The lowest BCUT2D eigenvalue weighted by Crippen LogP contribution is -2.37. The van der Waals surface area contributed by atoms with Crippen molar-refractivity contribution in [3.05, 3.63) is 41.4 Å². The summed E-state index contributed by atoms with van der Waals surface area (Å²) in [4.78, 5) is 4.10. The van der Waals surface area contributed by atoms with Crippen LogP contribution in [0.2, 0.25) is 0 Å². The first-order valence-electron chi connectivity index (χ1n) is 5.78. The highest BCUT2D eigenvalue weighted by atomic mass is 127. The van der Waals surface area contributed by atoms with Crippen molar-refractivity contribution < 1.29 is 4.74 Å². The average Bonchev–Trinajstić information content (AvgIpc) is 2.37. The maximum Gasteiger partial charge on any atom is 0.189 e. The molecule has 0 amide bonds. The molecule has 4 nitrogen and oxygen atoms in total. The van der Waals surface area contributed by atoms with E-state index < -0.39 is 0 Å². The molecule has 0 fully saturated rings. The average molecular weight is 394 g/mol. The minimum Gasteiger partial charge on any atom is -0.493 e. The van der Waals surface area contributed by atoms with Crippen molar-refractivity contribution in [3.63, 3.8) is 0 Å². The molecule has 0 saturated heterocycles. The molecule has 1 aromatic rings. The van der Waals surface area contributed by atoms with Gasteiger partial charge < -0.3 is 15.8 Å². The third-order valence-corrected chi connectivity index (χ3v) is 2.82. The summed E-state index contributed by atoms with van der Waals surface area (Å²) < 4.78 is 5.58. The number of ether oxygens (including phenoxy) is 1. The van der Waals surface area contributed by atoms with E-state index in [1.165, 1.54) is 0 Å². The second-order valence-electron chi connectivity index (χ2n) is 4.09. The summed E-state index contributed by atoms with van der Waals surface area (Å²) in [6.45, 7) is 4.56. The molecule has 0 spiro atoms. The third kappa shape index (κ3) is 4.58. The van der Waals surface area contributed by atoms with Gasteiger partial charge in [-0.1, -0.05) is 36.4 Å². The second kappa shape index (κ2) is 7.59. The van der Waals surface area contributed by atoms with Gasteiger partial charge in [0, 0.05) is 17.0 Å². The van der Waals surface area contributed by atoms with E-state index in [1.54, 1.807) is 0 Å². The number of aliphatic imine (C=N–C) groups is 1. The second-order valence-corrected chi connectivity index (χ2v) is 4.63. The van der Waals surface area contributed by atoms with E-state index in [4.69, 9.17) is 22.1 Å². The van der Waals surface area contributed by atoms with Crippen LogP contribution in [0.25, 0.3) is 0 Å². The minimum absolute atomic E-state index is 0. The largest absolute Gasteiger partial charge is 0.493 e. The molecule has 0 saturated carbocycles. The number of hydrogen-bond acceptors (Lipinski definition) is 2. The first-order valence-corrected chi connectivity index (χ1v) is 6.16. The van der Waals surface area contributed by atoms with Gasteiger partial charge in [0.25, 0.3) is 0 Å². The topological polar surface area (TPSA) is 59.6 Å². The maximum absolute atomic E-state index is 5.81. The van der Waals surface area contributed by atoms with Gasteiger partial charge in [-0.25, -0.2) is 4.99 Å². The van der Waals surface area contributed by atoms with E-state index in [-0.39, 0.29) is 30.0 Å². The smallest absolute Gasteiger partial charge is 0.189 e. The van der Waals surface area contributed by atoms with Crippen molar-refractivity contribution in [1.82, 2.24) is 5.32 Å². The monoisotopic (exact) mass is 393 g/mol. The number of nitrogens with zero attached hydrogens (tertiary/aromatic N) is 1. The van der Waals surface area contributed by atoms with Gasteiger partial charge in [0.15, 0.2) is 5.96 Å². The fourth-order valence-corrected chi connectivity index (χ4v) is 1.95. The molecule has 104 valence electrons. The van der Waals surface area contributed by atoms with Crippen LogP contribution in [0.4, 0.5) is 0 Å². The van der Waals surface area contributed by atoms with Gasteiger partial charge in [-0.2, -0.15) is 0 Å². The lowest BCUT2D eigenvalue weighted by atomic mass is 10.0. The molecule has 1 atom stereocenters. The number of rotatable bonds is 3. The summed E-state index contributed by atoms with van der Waals surface area (Å²) in [6.07, 6.45) is 0.856. The van der Waals surface area contributed by atoms with Gasteiger partial charge in [-0.05, 0) is 6.07 Å². The van der Waals surface area contributed by atoms with Crippen molar-refractivity contribution in [1.29, 1.82) is 0 Å². The molecule has 0 aromatic heterocycles. The van der Waals surface area contributed by atoms with Crippen LogP contribution < -0.4 is 15.8 Å². The molecule has 1 heterocycles. The SMILES string of the molecule is C=C(Cl)CN=C(N)NC1CCOc2ccccc21.I. The quantitative estimate of drug-likeness (QED) is 0.472. The van der Waals surface area contributed by atoms with Crippen LogP contribution in [0.15, 0.2) is 40.9 Å². The molecule has 1 unspecified atom stereocenters. The highest BCUT2D eigenvalue weighted by Crippen LogP contribution is 2.31. The maximum atomic E-state index is 5.81. The molecule has 0 bridgehead atoms. The number of hydrogen-bond donors (Lipinski definition) is 2. The Kier molecular flexibility index (Phi) is 6.44. The lowest BCUT2D eigenvalue weighted by Gasteiger charge is -2.26. The molecular formula is C13H17ClIN3O. The van der Waals surface area contributed by atoms with E-state index >= 15 is 0 Å². The molecule has 3 N–H and O–H groups in total. The molecule has 1 aromatic carbocycles. The van der Waals surface area contributed by atoms with E-state index in [9.17, 15) is 0 Å². The predicted molar refractivity (Wildman–Crippen MR) is 89.3 cm³/mol. The van der Waals surface area contributed by atoms with Crippen LogP contribution in [0.3, 0.4) is 0 Å². The number of para-hydroxylation sites is 1. The van der Waals surface area contributed by atoms with Gasteiger partial charge in [0.1, 0.15) is 5.75 Å². The van der Waals surface area contributed by atoms with Crippen molar-refractivity contribution >= 4 is 41.5 Å². The first-order chi connectivity index (χ1) is 8.66. The first kappa shape index (κ1) is 16.1. The predicted octanol–water partition coefficient (Wildman–Crippen LogP) is 2.79. The lowest BCUT2D eigenvalue weighted by molar-refractivity contribution is 0.262. The van der Waals surface area contributed by atoms with E-state index in [0.29, 0.717) is 24.1 Å². The molecule has 0 radical (unpaired) electrons. The molecule has 2 rings (SSSR count). The number of benzene rings is 1. The molecule has 6 heteroatoms. The fraction of sp³-hybridized carbons (Fsp3) is 0.308. The van der Waals surface area contributed by atoms with Gasteiger partial charge in [-0.15, -0.1) is 24.0 Å². The Morgan fingerprint density at radius 3 is 3.00 bits per heavy atom. The zero-order valence-corrected chi connectivity index (χ0v) is 13.5. The molecule has 1 aliphatic rings. The zero-order valence-electron chi connectivity index (χ0n) is 10.4.